The number of aliphatic hydroxyl groups excluding tert-OH is 2. The Kier molecular flexibility index (Phi) is 51.3. The summed E-state index contributed by atoms with van der Waals surface area (Å²) in [5.41, 5.74) is 21.8. The molecule has 1 rings (SSSR count). The number of aromatic amines is 1. The standard InChI is InChI=1S/C75H120N22O31S/c1-32(2)18-41(60(79)113)87-70(123)46(23-54(78)102)92-74(127)51(29-98)97-73(126)50(27-59(111)112)93-64(117)40(15-17-129-9)84-61(114)35(7)82-65(118)48(25-57(107)108)94-66(119)42(19-33(3)4)89-68(121)44(21-37-28-80-31-81-37)90-72(125)49(26-58(109)110)95-75(128)52(30-99)96-67(120)43(20-34(5)6)88-63(116)39(13-14-55(103)104)86-69(122)45(22-53(77)101)91-62(115)38(12-10-11-16-76)85-71(124)47(24-56(105)106)83-36(8)100/h28,31-35,38-52,98-99H,10-27,29-30,76H2,1-9H3,(H2,77,101)(H2,78,102)(H2,79,113)(H,80,81)(H,82,118)(H,83,100)(H,84,114)(H,85,124)(H,86,122)(H,87,123)(H,88,116)(H,89,121)(H,90,125)(H,91,115)(H,92,127)(H,93,117)(H,94,119)(H,95,128)(H,96,120)(H,97,126)(H,103,104)(H,105,106)(H,107,108)(H,109,110)(H,111,112)/t35-,38-,39-,40-,41-,42-,43-,44-,45-,46-,47-,48-,49-,50-,51-,52-/m0/s1. The van der Waals surface area contributed by atoms with Crippen LogP contribution in [0.3, 0.4) is 0 Å². The first kappa shape index (κ1) is 114. The van der Waals surface area contributed by atoms with E-state index in [9.17, 15) is 151 Å². The van der Waals surface area contributed by atoms with Gasteiger partial charge in [-0.25, -0.2) is 4.98 Å². The summed E-state index contributed by atoms with van der Waals surface area (Å²) in [4.78, 5) is 324. The fraction of sp³-hybridized carbons (Fsp3) is 0.640. The maximum Gasteiger partial charge on any atom is 0.305 e. The van der Waals surface area contributed by atoms with Crippen LogP contribution >= 0.6 is 11.8 Å². The summed E-state index contributed by atoms with van der Waals surface area (Å²) >= 11 is 1.13. The highest BCUT2D eigenvalue weighted by Crippen LogP contribution is 2.15. The molecule has 722 valence electrons. The van der Waals surface area contributed by atoms with Gasteiger partial charge < -0.3 is 149 Å². The quantitative estimate of drug-likeness (QED) is 0.0269. The number of carbonyl (C=O) groups excluding carboxylic acids is 19. The molecule has 53 nitrogen and oxygen atoms in total. The molecule has 129 heavy (non-hydrogen) atoms. The van der Waals surface area contributed by atoms with Gasteiger partial charge in [0.1, 0.15) is 96.7 Å². The van der Waals surface area contributed by atoms with Crippen LogP contribution in [0.1, 0.15) is 157 Å². The number of carboxylic acid groups (broad SMARTS) is 5. The number of H-pyrrole nitrogens is 1. The van der Waals surface area contributed by atoms with Gasteiger partial charge in [0.15, 0.2) is 0 Å². The summed E-state index contributed by atoms with van der Waals surface area (Å²) in [5, 5.41) is 105. The van der Waals surface area contributed by atoms with Crippen molar-refractivity contribution < 1.29 is 151 Å². The molecule has 0 radical (unpaired) electrons. The first-order valence-electron chi connectivity index (χ1n) is 40.4. The molecule has 1 aromatic rings. The second-order valence-corrected chi connectivity index (χ2v) is 32.0. The number of thioether (sulfide) groups is 1. The zero-order chi connectivity index (χ0) is 98.4. The summed E-state index contributed by atoms with van der Waals surface area (Å²) in [5.74, 6) is -33.1. The summed E-state index contributed by atoms with van der Waals surface area (Å²) < 4.78 is 0. The number of aliphatic hydroxyl groups is 2. The Labute approximate surface area is 742 Å². The molecule has 0 saturated carbocycles. The predicted octanol–water partition coefficient (Wildman–Crippen LogP) is -11.2. The van der Waals surface area contributed by atoms with E-state index in [4.69, 9.17) is 22.9 Å². The van der Waals surface area contributed by atoms with Crippen LogP contribution in [0.15, 0.2) is 12.5 Å². The second kappa shape index (κ2) is 58.2. The molecule has 0 bridgehead atoms. The molecular formula is C75H120N22O31S. The van der Waals surface area contributed by atoms with Crippen molar-refractivity contribution in [2.45, 2.75) is 255 Å². The predicted molar refractivity (Wildman–Crippen MR) is 446 cm³/mol. The molecule has 32 N–H and O–H groups in total. The largest absolute Gasteiger partial charge is 0.481 e. The van der Waals surface area contributed by atoms with Gasteiger partial charge in [-0.1, -0.05) is 41.5 Å². The molecule has 16 atom stereocenters. The number of carboxylic acids is 5. The van der Waals surface area contributed by atoms with Crippen LogP contribution in [0.5, 0.6) is 0 Å². The van der Waals surface area contributed by atoms with Crippen molar-refractivity contribution in [2.24, 2.45) is 40.7 Å². The van der Waals surface area contributed by atoms with Crippen molar-refractivity contribution >= 4 is 154 Å². The molecular weight excluding hydrogens is 1740 g/mol. The number of nitrogens with two attached hydrogens (primary N) is 4. The number of hydrogen-bond acceptors (Lipinski definition) is 29. The smallest absolute Gasteiger partial charge is 0.305 e. The third kappa shape index (κ3) is 45.1. The molecule has 0 spiro atoms. The van der Waals surface area contributed by atoms with Crippen molar-refractivity contribution in [1.82, 2.24) is 95.0 Å². The summed E-state index contributed by atoms with van der Waals surface area (Å²) in [6.07, 6.45) is -5.57. The fourth-order valence-electron chi connectivity index (χ4n) is 12.0. The van der Waals surface area contributed by atoms with E-state index in [0.717, 1.165) is 31.9 Å². The highest BCUT2D eigenvalue weighted by atomic mass is 32.2. The van der Waals surface area contributed by atoms with Crippen LogP contribution in [0, 0.1) is 17.8 Å². The van der Waals surface area contributed by atoms with Gasteiger partial charge in [0.05, 0.1) is 58.1 Å². The number of primary amides is 3. The molecule has 0 saturated heterocycles. The van der Waals surface area contributed by atoms with Crippen molar-refractivity contribution in [3.05, 3.63) is 18.2 Å². The Morgan fingerprint density at radius 3 is 0.961 bits per heavy atom. The highest BCUT2D eigenvalue weighted by molar-refractivity contribution is 7.98. The fourth-order valence-corrected chi connectivity index (χ4v) is 12.4. The van der Waals surface area contributed by atoms with E-state index in [-0.39, 0.29) is 68.9 Å². The topological polar surface area (TPSA) is 877 Å². The lowest BCUT2D eigenvalue weighted by molar-refractivity contribution is -0.142. The highest BCUT2D eigenvalue weighted by Gasteiger charge is 2.41. The number of aromatic nitrogens is 2. The third-order valence-electron chi connectivity index (χ3n) is 18.3. The van der Waals surface area contributed by atoms with Gasteiger partial charge in [0, 0.05) is 31.7 Å². The lowest BCUT2D eigenvalue weighted by Crippen LogP contribution is -2.62. The summed E-state index contributed by atoms with van der Waals surface area (Å²) in [6.45, 7) is 9.12. The number of rotatable bonds is 64. The van der Waals surface area contributed by atoms with Gasteiger partial charge in [-0.2, -0.15) is 11.8 Å². The minimum Gasteiger partial charge on any atom is -0.481 e. The van der Waals surface area contributed by atoms with Crippen molar-refractivity contribution in [1.29, 1.82) is 0 Å². The monoisotopic (exact) mass is 1860 g/mol. The second-order valence-electron chi connectivity index (χ2n) is 31.0. The van der Waals surface area contributed by atoms with E-state index < -0.39 is 322 Å². The van der Waals surface area contributed by atoms with Crippen LogP contribution in [0.4, 0.5) is 0 Å². The van der Waals surface area contributed by atoms with E-state index in [1.807, 2.05) is 5.32 Å². The Morgan fingerprint density at radius 2 is 0.636 bits per heavy atom. The maximum absolute atomic E-state index is 14.5. The SMILES string of the molecule is CSCC[C@H](NC(=O)[C@H](C)NC(=O)[C@H](CC(=O)O)NC(=O)[C@H](CC(C)C)NC(=O)[C@H](Cc1cnc[nH]1)NC(=O)[C@H](CC(=O)O)NC(=O)[C@H](CO)NC(=O)[C@H](CC(C)C)NC(=O)[C@H](CCC(=O)O)NC(=O)[C@H](CC(N)=O)NC(=O)[C@H](CCCCN)NC(=O)[C@H](CC(=O)O)NC(C)=O)C(=O)N[C@@H](CC(=O)O)C(=O)N[C@@H](CO)C(=O)N[C@@H](CC(N)=O)C(=O)N[C@@H](CC(C)C)C(N)=O. The van der Waals surface area contributed by atoms with Gasteiger partial charge in [0.2, 0.25) is 112 Å². The van der Waals surface area contributed by atoms with Crippen LogP contribution in [-0.4, -0.2) is 316 Å². The van der Waals surface area contributed by atoms with Crippen LogP contribution < -0.4 is 108 Å². The molecule has 1 heterocycles. The van der Waals surface area contributed by atoms with Gasteiger partial charge in [0.25, 0.3) is 0 Å². The number of unbranched alkanes of at least 4 members (excludes halogenated alkanes) is 1. The van der Waals surface area contributed by atoms with E-state index in [1.165, 1.54) is 6.20 Å². The van der Waals surface area contributed by atoms with Gasteiger partial charge >= 0.3 is 29.8 Å². The number of imidazole rings is 1. The van der Waals surface area contributed by atoms with Gasteiger partial charge in [-0.15, -0.1) is 0 Å². The van der Waals surface area contributed by atoms with E-state index >= 15 is 0 Å². The molecule has 0 aliphatic heterocycles. The van der Waals surface area contributed by atoms with Gasteiger partial charge in [-0.3, -0.25) is 115 Å². The van der Waals surface area contributed by atoms with Crippen molar-refractivity contribution in [3.63, 3.8) is 0 Å². The number of amides is 19. The van der Waals surface area contributed by atoms with Crippen LogP contribution in [-0.2, 0) is 121 Å². The lowest BCUT2D eigenvalue weighted by atomic mass is 10.0. The zero-order valence-corrected chi connectivity index (χ0v) is 73.2. The Bertz CT molecular complexity index is 4100. The number of aliphatic carboxylic acids is 5. The summed E-state index contributed by atoms with van der Waals surface area (Å²) in [7, 11) is 0. The van der Waals surface area contributed by atoms with Gasteiger partial charge in [-0.05, 0) is 94.6 Å². The van der Waals surface area contributed by atoms with Crippen molar-refractivity contribution in [3.8, 4) is 0 Å². The first-order valence-corrected chi connectivity index (χ1v) is 41.8. The average molecular weight is 1860 g/mol. The number of nitrogens with zero attached hydrogens (tertiary/aromatic N) is 1. The molecule has 0 aromatic carbocycles. The molecule has 0 unspecified atom stereocenters. The average Bonchev–Trinajstić information content (AvgIpc) is 1.82. The minimum absolute atomic E-state index is 0.0266. The Balaban J connectivity index is 3.63. The van der Waals surface area contributed by atoms with E-state index in [1.54, 1.807) is 47.8 Å². The molecule has 19 amide bonds. The molecule has 54 heteroatoms. The normalized spacial score (nSPS) is 14.8. The Hall–Kier alpha value is -13.3. The molecule has 0 aliphatic rings. The van der Waals surface area contributed by atoms with Crippen molar-refractivity contribution in [2.75, 3.05) is 31.8 Å². The lowest BCUT2D eigenvalue weighted by Gasteiger charge is -2.28. The first-order chi connectivity index (χ1) is 60.3. The zero-order valence-electron chi connectivity index (χ0n) is 72.4. The summed E-state index contributed by atoms with van der Waals surface area (Å²) in [6, 6.07) is -29.8. The molecule has 1 aromatic heterocycles. The third-order valence-corrected chi connectivity index (χ3v) is 19.0. The van der Waals surface area contributed by atoms with E-state index in [0.29, 0.717) is 0 Å². The Morgan fingerprint density at radius 1 is 0.349 bits per heavy atom. The van der Waals surface area contributed by atoms with Crippen LogP contribution in [0.25, 0.3) is 0 Å². The van der Waals surface area contributed by atoms with Crippen LogP contribution in [0.2, 0.25) is 0 Å². The minimum atomic E-state index is -2.22. The number of carbonyl (C=O) groups is 24. The van der Waals surface area contributed by atoms with E-state index in [2.05, 4.69) is 89.7 Å². The maximum atomic E-state index is 14.5. The molecule has 0 aliphatic carbocycles. The molecule has 0 fully saturated rings. The number of nitrogens with one attached hydrogen (secondary N) is 17. The number of hydrogen-bond donors (Lipinski definition) is 28.